The summed E-state index contributed by atoms with van der Waals surface area (Å²) in [7, 11) is 1.44. The van der Waals surface area contributed by atoms with Crippen LogP contribution < -0.4 is 0 Å². The molecule has 1 aliphatic heterocycles. The number of piperidine rings is 1. The number of fused-ring (bicyclic) bond motifs is 1. The largest absolute Gasteiger partial charge is 0.469 e. The van der Waals surface area contributed by atoms with Crippen molar-refractivity contribution in [1.82, 2.24) is 4.90 Å². The summed E-state index contributed by atoms with van der Waals surface area (Å²) in [6.07, 6.45) is 4.58. The van der Waals surface area contributed by atoms with Gasteiger partial charge in [0.2, 0.25) is 0 Å². The van der Waals surface area contributed by atoms with E-state index in [0.717, 1.165) is 32.1 Å². The van der Waals surface area contributed by atoms with E-state index in [4.69, 9.17) is 9.47 Å². The molecule has 1 aliphatic carbocycles. The maximum Gasteiger partial charge on any atom is 0.410 e. The number of hydrogen-bond donors (Lipinski definition) is 0. The van der Waals surface area contributed by atoms with Gasteiger partial charge in [0, 0.05) is 13.1 Å². The Bertz CT molecular complexity index is 415. The Kier molecular flexibility index (Phi) is 4.49. The molecule has 1 amide bonds. The molecular weight excluding hydrogens is 270 g/mol. The van der Waals surface area contributed by atoms with Crippen molar-refractivity contribution in [3.63, 3.8) is 0 Å². The summed E-state index contributed by atoms with van der Waals surface area (Å²) in [5.74, 6) is 0.165. The van der Waals surface area contributed by atoms with Crippen LogP contribution in [0.4, 0.5) is 4.79 Å². The van der Waals surface area contributed by atoms with Crippen LogP contribution in [0, 0.1) is 11.3 Å². The summed E-state index contributed by atoms with van der Waals surface area (Å²) in [6.45, 7) is 6.66. The van der Waals surface area contributed by atoms with Gasteiger partial charge in [-0.15, -0.1) is 0 Å². The lowest BCUT2D eigenvalue weighted by atomic mass is 9.63. The van der Waals surface area contributed by atoms with E-state index in [2.05, 4.69) is 0 Å². The van der Waals surface area contributed by atoms with E-state index in [1.165, 1.54) is 7.11 Å². The van der Waals surface area contributed by atoms with Crippen LogP contribution in [0.1, 0.15) is 52.9 Å². The molecule has 1 saturated carbocycles. The average Bonchev–Trinajstić information content (AvgIpc) is 2.43. The fraction of sp³-hybridized carbons (Fsp3) is 0.875. The van der Waals surface area contributed by atoms with Crippen LogP contribution in [0.2, 0.25) is 0 Å². The first kappa shape index (κ1) is 16.1. The van der Waals surface area contributed by atoms with Crippen LogP contribution in [-0.2, 0) is 14.3 Å². The molecule has 120 valence electrons. The third-order valence-corrected chi connectivity index (χ3v) is 4.67. The monoisotopic (exact) mass is 297 g/mol. The number of likely N-dealkylation sites (tertiary alicyclic amines) is 1. The van der Waals surface area contributed by atoms with Gasteiger partial charge in [-0.05, 0) is 46.0 Å². The fourth-order valence-electron chi connectivity index (χ4n) is 3.69. The molecule has 2 atom stereocenters. The Morgan fingerprint density at radius 3 is 2.52 bits per heavy atom. The van der Waals surface area contributed by atoms with Crippen molar-refractivity contribution in [3.8, 4) is 0 Å². The van der Waals surface area contributed by atoms with Gasteiger partial charge in [-0.3, -0.25) is 4.79 Å². The summed E-state index contributed by atoms with van der Waals surface area (Å²) < 4.78 is 10.5. The summed E-state index contributed by atoms with van der Waals surface area (Å²) >= 11 is 0. The molecule has 2 fully saturated rings. The van der Waals surface area contributed by atoms with Gasteiger partial charge >= 0.3 is 12.1 Å². The molecule has 0 aromatic heterocycles. The predicted octanol–water partition coefficient (Wildman–Crippen LogP) is 2.98. The van der Waals surface area contributed by atoms with Crippen molar-refractivity contribution in [2.45, 2.75) is 58.5 Å². The highest BCUT2D eigenvalue weighted by atomic mass is 16.6. The normalized spacial score (nSPS) is 29.5. The van der Waals surface area contributed by atoms with E-state index in [1.54, 1.807) is 4.90 Å². The lowest BCUT2D eigenvalue weighted by molar-refractivity contribution is -0.164. The topological polar surface area (TPSA) is 55.8 Å². The molecule has 1 saturated heterocycles. The first-order valence-corrected chi connectivity index (χ1v) is 7.85. The van der Waals surface area contributed by atoms with E-state index in [0.29, 0.717) is 19.0 Å². The molecule has 0 bridgehead atoms. The maximum absolute atomic E-state index is 12.4. The van der Waals surface area contributed by atoms with Gasteiger partial charge in [0.05, 0.1) is 12.5 Å². The lowest BCUT2D eigenvalue weighted by Gasteiger charge is -2.48. The molecule has 5 heteroatoms. The van der Waals surface area contributed by atoms with Gasteiger partial charge in [0.15, 0.2) is 0 Å². The number of nitrogens with zero attached hydrogens (tertiary/aromatic N) is 1. The smallest absolute Gasteiger partial charge is 0.410 e. The number of methoxy groups -OCH3 is 1. The molecule has 0 unspecified atom stereocenters. The second-order valence-corrected chi connectivity index (χ2v) is 7.28. The highest BCUT2D eigenvalue weighted by Crippen LogP contribution is 2.47. The van der Waals surface area contributed by atoms with Crippen molar-refractivity contribution in [2.75, 3.05) is 20.2 Å². The van der Waals surface area contributed by atoms with Crippen LogP contribution in [0.5, 0.6) is 0 Å². The number of ether oxygens (including phenoxy) is 2. The number of carbonyl (C=O) groups is 2. The van der Waals surface area contributed by atoms with E-state index >= 15 is 0 Å². The predicted molar refractivity (Wildman–Crippen MR) is 78.8 cm³/mol. The quantitative estimate of drug-likeness (QED) is 0.698. The Morgan fingerprint density at radius 2 is 1.90 bits per heavy atom. The van der Waals surface area contributed by atoms with Crippen LogP contribution in [0.15, 0.2) is 0 Å². The van der Waals surface area contributed by atoms with Crippen molar-refractivity contribution < 1.29 is 19.1 Å². The third kappa shape index (κ3) is 3.33. The van der Waals surface area contributed by atoms with Crippen molar-refractivity contribution in [1.29, 1.82) is 0 Å². The zero-order valence-electron chi connectivity index (χ0n) is 13.6. The van der Waals surface area contributed by atoms with E-state index in [-0.39, 0.29) is 12.1 Å². The summed E-state index contributed by atoms with van der Waals surface area (Å²) in [5.41, 5.74) is -1.04. The molecule has 2 aliphatic rings. The van der Waals surface area contributed by atoms with Crippen molar-refractivity contribution in [2.24, 2.45) is 11.3 Å². The highest BCUT2D eigenvalue weighted by Gasteiger charge is 2.52. The Hall–Kier alpha value is -1.26. The number of hydrogen-bond acceptors (Lipinski definition) is 4. The standard InChI is InChI=1S/C16H27NO4/c1-15(2,3)21-14(19)17-10-8-12-7-5-6-9-16(12,11-17)13(18)20-4/h12H,5-11H2,1-4H3/t12-,16-/m0/s1. The van der Waals surface area contributed by atoms with E-state index in [9.17, 15) is 9.59 Å². The third-order valence-electron chi connectivity index (χ3n) is 4.67. The van der Waals surface area contributed by atoms with Gasteiger partial charge in [-0.2, -0.15) is 0 Å². The average molecular weight is 297 g/mol. The molecule has 21 heavy (non-hydrogen) atoms. The van der Waals surface area contributed by atoms with Crippen LogP contribution in [0.3, 0.4) is 0 Å². The molecule has 0 aromatic carbocycles. The number of esters is 1. The van der Waals surface area contributed by atoms with Gasteiger partial charge in [-0.1, -0.05) is 12.8 Å². The summed E-state index contributed by atoms with van der Waals surface area (Å²) in [5, 5.41) is 0. The second kappa shape index (κ2) is 5.85. The molecule has 0 spiro atoms. The Balaban J connectivity index is 2.15. The van der Waals surface area contributed by atoms with Gasteiger partial charge < -0.3 is 14.4 Å². The maximum atomic E-state index is 12.4. The van der Waals surface area contributed by atoms with Crippen molar-refractivity contribution >= 4 is 12.1 Å². The van der Waals surface area contributed by atoms with E-state index in [1.807, 2.05) is 20.8 Å². The van der Waals surface area contributed by atoms with Crippen molar-refractivity contribution in [3.05, 3.63) is 0 Å². The molecule has 0 radical (unpaired) electrons. The summed E-state index contributed by atoms with van der Waals surface area (Å²) in [4.78, 5) is 26.4. The van der Waals surface area contributed by atoms with E-state index < -0.39 is 11.0 Å². The minimum Gasteiger partial charge on any atom is -0.469 e. The zero-order chi connectivity index (χ0) is 15.7. The molecule has 0 aromatic rings. The minimum absolute atomic E-state index is 0.166. The zero-order valence-corrected chi connectivity index (χ0v) is 13.6. The molecule has 5 nitrogen and oxygen atoms in total. The molecular formula is C16H27NO4. The lowest BCUT2D eigenvalue weighted by Crippen LogP contribution is -2.56. The molecule has 0 N–H and O–H groups in total. The molecule has 2 rings (SSSR count). The first-order valence-electron chi connectivity index (χ1n) is 7.85. The number of carbonyl (C=O) groups excluding carboxylic acids is 2. The van der Waals surface area contributed by atoms with Crippen LogP contribution >= 0.6 is 0 Å². The number of amides is 1. The first-order chi connectivity index (χ1) is 9.78. The van der Waals surface area contributed by atoms with Gasteiger partial charge in [0.25, 0.3) is 0 Å². The Labute approximate surface area is 127 Å². The fourth-order valence-corrected chi connectivity index (χ4v) is 3.69. The highest BCUT2D eigenvalue weighted by molar-refractivity contribution is 5.79. The minimum atomic E-state index is -0.526. The number of rotatable bonds is 1. The second-order valence-electron chi connectivity index (χ2n) is 7.28. The Morgan fingerprint density at radius 1 is 1.19 bits per heavy atom. The van der Waals surface area contributed by atoms with Gasteiger partial charge in [0.1, 0.15) is 5.60 Å². The molecule has 1 heterocycles. The SMILES string of the molecule is COC(=O)[C@]12CCCC[C@H]1CCN(C(=O)OC(C)(C)C)C2. The van der Waals surface area contributed by atoms with Gasteiger partial charge in [-0.25, -0.2) is 4.79 Å². The van der Waals surface area contributed by atoms with Crippen LogP contribution in [-0.4, -0.2) is 42.8 Å². The van der Waals surface area contributed by atoms with Crippen LogP contribution in [0.25, 0.3) is 0 Å². The summed E-state index contributed by atoms with van der Waals surface area (Å²) in [6, 6.07) is 0.